The Bertz CT molecular complexity index is 578. The van der Waals surface area contributed by atoms with Crippen LogP contribution in [0.15, 0.2) is 18.3 Å². The van der Waals surface area contributed by atoms with Crippen LogP contribution in [0.5, 0.6) is 5.75 Å². The summed E-state index contributed by atoms with van der Waals surface area (Å²) in [6, 6.07) is 2.55. The maximum atomic E-state index is 13.9. The van der Waals surface area contributed by atoms with Gasteiger partial charge in [0.15, 0.2) is 0 Å². The van der Waals surface area contributed by atoms with Crippen molar-refractivity contribution in [3.63, 3.8) is 0 Å². The summed E-state index contributed by atoms with van der Waals surface area (Å²) in [7, 11) is 3.89. The average molecular weight is 268 g/mol. The summed E-state index contributed by atoms with van der Waals surface area (Å²) in [4.78, 5) is 2.01. The van der Waals surface area contributed by atoms with Crippen molar-refractivity contribution in [2.24, 2.45) is 0 Å². The van der Waals surface area contributed by atoms with E-state index in [4.69, 9.17) is 0 Å². The normalized spacial score (nSPS) is 11.6. The highest BCUT2D eigenvalue weighted by Gasteiger charge is 2.16. The van der Waals surface area contributed by atoms with Gasteiger partial charge in [0, 0.05) is 18.1 Å². The predicted molar refractivity (Wildman–Crippen MR) is 71.8 cm³/mol. The van der Waals surface area contributed by atoms with Gasteiger partial charge >= 0.3 is 0 Å². The third-order valence-electron chi connectivity index (χ3n) is 3.18. The van der Waals surface area contributed by atoms with Crippen LogP contribution < -0.4 is 0 Å². The van der Waals surface area contributed by atoms with E-state index in [1.54, 1.807) is 6.20 Å². The van der Waals surface area contributed by atoms with Gasteiger partial charge in [0.25, 0.3) is 0 Å². The third kappa shape index (κ3) is 2.71. The number of alkyl halides is 1. The lowest BCUT2D eigenvalue weighted by Crippen LogP contribution is -2.14. The molecule has 0 fully saturated rings. The number of phenolic OH excluding ortho intramolecular Hbond substituents is 1. The SMILES string of the molecule is CN(C)CCc1cn(CCF)c2c(F)ccc(O)c12. The van der Waals surface area contributed by atoms with E-state index in [0.717, 1.165) is 12.1 Å². The molecule has 0 bridgehead atoms. The Morgan fingerprint density at radius 1 is 1.32 bits per heavy atom. The molecule has 0 atom stereocenters. The molecule has 0 aliphatic heterocycles. The molecule has 1 aromatic carbocycles. The molecule has 2 aromatic rings. The fourth-order valence-electron chi connectivity index (χ4n) is 2.27. The Kier molecular flexibility index (Phi) is 4.04. The number of fused-ring (bicyclic) bond motifs is 1. The first-order valence-corrected chi connectivity index (χ1v) is 6.24. The van der Waals surface area contributed by atoms with E-state index in [-0.39, 0.29) is 17.8 Å². The van der Waals surface area contributed by atoms with Crippen molar-refractivity contribution in [1.29, 1.82) is 0 Å². The Morgan fingerprint density at radius 2 is 2.05 bits per heavy atom. The van der Waals surface area contributed by atoms with Crippen LogP contribution in [0.2, 0.25) is 0 Å². The van der Waals surface area contributed by atoms with Crippen molar-refractivity contribution in [3.05, 3.63) is 29.7 Å². The molecule has 1 aromatic heterocycles. The zero-order valence-corrected chi connectivity index (χ0v) is 11.2. The van der Waals surface area contributed by atoms with Crippen LogP contribution in [0.3, 0.4) is 0 Å². The highest BCUT2D eigenvalue weighted by atomic mass is 19.1. The second kappa shape index (κ2) is 5.57. The molecule has 2 rings (SSSR count). The summed E-state index contributed by atoms with van der Waals surface area (Å²) >= 11 is 0. The smallest absolute Gasteiger partial charge is 0.147 e. The monoisotopic (exact) mass is 268 g/mol. The van der Waals surface area contributed by atoms with Gasteiger partial charge in [0.1, 0.15) is 18.2 Å². The minimum absolute atomic E-state index is 0.0442. The lowest BCUT2D eigenvalue weighted by Gasteiger charge is -2.08. The standard InChI is InChI=1S/C14H18F2N2O/c1-17(2)7-5-10-9-18(8-6-15)14-11(16)3-4-12(19)13(10)14/h3-4,9,19H,5-8H2,1-2H3. The molecule has 3 nitrogen and oxygen atoms in total. The lowest BCUT2D eigenvalue weighted by atomic mass is 10.1. The van der Waals surface area contributed by atoms with E-state index in [0.29, 0.717) is 11.8 Å². The molecule has 0 aliphatic rings. The molecular weight excluding hydrogens is 250 g/mol. The summed E-state index contributed by atoms with van der Waals surface area (Å²) in [5.41, 5.74) is 1.13. The van der Waals surface area contributed by atoms with E-state index in [2.05, 4.69) is 0 Å². The molecule has 0 aliphatic carbocycles. The Balaban J connectivity index is 2.54. The van der Waals surface area contributed by atoms with Gasteiger partial charge in [0.2, 0.25) is 0 Å². The third-order valence-corrected chi connectivity index (χ3v) is 3.18. The summed E-state index contributed by atoms with van der Waals surface area (Å²) < 4.78 is 28.0. The van der Waals surface area contributed by atoms with E-state index in [1.807, 2.05) is 19.0 Å². The van der Waals surface area contributed by atoms with E-state index < -0.39 is 12.5 Å². The number of nitrogens with zero attached hydrogens (tertiary/aromatic N) is 2. The number of benzene rings is 1. The first kappa shape index (κ1) is 13.8. The molecule has 0 saturated carbocycles. The van der Waals surface area contributed by atoms with Crippen molar-refractivity contribution in [2.45, 2.75) is 13.0 Å². The van der Waals surface area contributed by atoms with Crippen LogP contribution in [0.1, 0.15) is 5.56 Å². The maximum Gasteiger partial charge on any atom is 0.147 e. The summed E-state index contributed by atoms with van der Waals surface area (Å²) in [6.07, 6.45) is 2.41. The molecule has 1 heterocycles. The zero-order valence-electron chi connectivity index (χ0n) is 11.2. The van der Waals surface area contributed by atoms with Crippen LogP contribution in [0.25, 0.3) is 10.9 Å². The van der Waals surface area contributed by atoms with Gasteiger partial charge in [-0.15, -0.1) is 0 Å². The average Bonchev–Trinajstić information content (AvgIpc) is 2.72. The van der Waals surface area contributed by atoms with Gasteiger partial charge < -0.3 is 14.6 Å². The van der Waals surface area contributed by atoms with Crippen molar-refractivity contribution in [1.82, 2.24) is 9.47 Å². The Hall–Kier alpha value is -1.62. The number of likely N-dealkylation sites (N-methyl/N-ethyl adjacent to an activating group) is 1. The number of aromatic hydroxyl groups is 1. The minimum atomic E-state index is -0.563. The van der Waals surface area contributed by atoms with Gasteiger partial charge in [-0.25, -0.2) is 8.78 Å². The molecule has 0 unspecified atom stereocenters. The highest BCUT2D eigenvalue weighted by Crippen LogP contribution is 2.32. The van der Waals surface area contributed by atoms with E-state index >= 15 is 0 Å². The van der Waals surface area contributed by atoms with E-state index in [9.17, 15) is 13.9 Å². The number of aryl methyl sites for hydroxylation is 1. The molecule has 1 N–H and O–H groups in total. The second-order valence-electron chi connectivity index (χ2n) is 4.88. The topological polar surface area (TPSA) is 28.4 Å². The first-order valence-electron chi connectivity index (χ1n) is 6.24. The van der Waals surface area contributed by atoms with Gasteiger partial charge in [-0.2, -0.15) is 0 Å². The molecular formula is C14H18F2N2O. The van der Waals surface area contributed by atoms with Crippen molar-refractivity contribution in [2.75, 3.05) is 27.3 Å². The Labute approximate surface area is 111 Å². The van der Waals surface area contributed by atoms with Gasteiger partial charge in [-0.05, 0) is 38.2 Å². The summed E-state index contributed by atoms with van der Waals surface area (Å²) in [6.45, 7) is 0.315. The molecule has 19 heavy (non-hydrogen) atoms. The Morgan fingerprint density at radius 3 is 2.68 bits per heavy atom. The molecule has 0 spiro atoms. The van der Waals surface area contributed by atoms with Gasteiger partial charge in [0.05, 0.1) is 12.1 Å². The molecule has 104 valence electrons. The number of hydrogen-bond acceptors (Lipinski definition) is 2. The summed E-state index contributed by atoms with van der Waals surface area (Å²) in [5.74, 6) is -0.389. The van der Waals surface area contributed by atoms with Crippen molar-refractivity contribution in [3.8, 4) is 5.75 Å². The zero-order chi connectivity index (χ0) is 14.0. The summed E-state index contributed by atoms with van der Waals surface area (Å²) in [5, 5.41) is 10.4. The fraction of sp³-hybridized carbons (Fsp3) is 0.429. The van der Waals surface area contributed by atoms with Crippen LogP contribution in [-0.4, -0.2) is 41.9 Å². The van der Waals surface area contributed by atoms with Crippen LogP contribution in [0, 0.1) is 5.82 Å². The molecule has 0 saturated heterocycles. The number of phenols is 1. The second-order valence-corrected chi connectivity index (χ2v) is 4.88. The number of hydrogen-bond donors (Lipinski definition) is 1. The lowest BCUT2D eigenvalue weighted by molar-refractivity contribution is 0.413. The van der Waals surface area contributed by atoms with Crippen LogP contribution >= 0.6 is 0 Å². The van der Waals surface area contributed by atoms with E-state index in [1.165, 1.54) is 16.7 Å². The fourth-order valence-corrected chi connectivity index (χ4v) is 2.27. The number of rotatable bonds is 5. The predicted octanol–water partition coefficient (Wildman–Crippen LogP) is 2.56. The van der Waals surface area contributed by atoms with Gasteiger partial charge in [-0.1, -0.05) is 0 Å². The van der Waals surface area contributed by atoms with Crippen molar-refractivity contribution < 1.29 is 13.9 Å². The van der Waals surface area contributed by atoms with Crippen LogP contribution in [0.4, 0.5) is 8.78 Å². The minimum Gasteiger partial charge on any atom is -0.507 e. The number of halogens is 2. The number of aromatic nitrogens is 1. The maximum absolute atomic E-state index is 13.9. The first-order chi connectivity index (χ1) is 9.04. The van der Waals surface area contributed by atoms with Crippen LogP contribution in [-0.2, 0) is 13.0 Å². The molecule has 0 radical (unpaired) electrons. The molecule has 5 heteroatoms. The molecule has 0 amide bonds. The quantitative estimate of drug-likeness (QED) is 0.902. The largest absolute Gasteiger partial charge is 0.507 e. The highest BCUT2D eigenvalue weighted by molar-refractivity contribution is 5.90. The van der Waals surface area contributed by atoms with Crippen molar-refractivity contribution >= 4 is 10.9 Å². The van der Waals surface area contributed by atoms with Gasteiger partial charge in [-0.3, -0.25) is 0 Å².